The summed E-state index contributed by atoms with van der Waals surface area (Å²) in [6, 6.07) is 20.6. The highest BCUT2D eigenvalue weighted by atomic mass is 19.1. The highest BCUT2D eigenvalue weighted by molar-refractivity contribution is 5.92. The van der Waals surface area contributed by atoms with Gasteiger partial charge in [-0.3, -0.25) is 0 Å². The maximum atomic E-state index is 15.4. The van der Waals surface area contributed by atoms with Gasteiger partial charge in [0.2, 0.25) is 5.88 Å². The maximum absolute atomic E-state index is 15.4. The molecule has 2 heterocycles. The molecule has 2 aromatic heterocycles. The topological polar surface area (TPSA) is 110 Å². The zero-order valence-corrected chi connectivity index (χ0v) is 22.8. The molecule has 0 saturated carbocycles. The van der Waals surface area contributed by atoms with Crippen LogP contribution >= 0.6 is 0 Å². The van der Waals surface area contributed by atoms with E-state index in [2.05, 4.69) is 9.97 Å². The third-order valence-corrected chi connectivity index (χ3v) is 6.89. The van der Waals surface area contributed by atoms with Crippen molar-refractivity contribution in [1.82, 2.24) is 14.5 Å². The molecule has 0 aliphatic heterocycles. The molecule has 5 rings (SSSR count). The minimum Gasteiger partial charge on any atom is -0.478 e. The van der Waals surface area contributed by atoms with E-state index in [1.807, 2.05) is 17.6 Å². The molecule has 1 N–H and O–H groups in total. The molecule has 5 aromatic rings. The minimum absolute atomic E-state index is 0.0854. The summed E-state index contributed by atoms with van der Waals surface area (Å²) in [6.45, 7) is 2.21. The van der Waals surface area contributed by atoms with Gasteiger partial charge in [0, 0.05) is 30.7 Å². The molecule has 10 heteroatoms. The number of carbonyl (C=O) groups is 1. The number of hydrogen-bond donors (Lipinski definition) is 1. The molecule has 212 valence electrons. The molecule has 1 atom stereocenters. The van der Waals surface area contributed by atoms with Gasteiger partial charge in [0.05, 0.1) is 46.6 Å². The van der Waals surface area contributed by atoms with Gasteiger partial charge in [0.25, 0.3) is 0 Å². The van der Waals surface area contributed by atoms with Gasteiger partial charge in [-0.25, -0.2) is 23.5 Å². The Bertz CT molecular complexity index is 1830. The highest BCUT2D eigenvalue weighted by Gasteiger charge is 2.18. The Kier molecular flexibility index (Phi) is 8.22. The summed E-state index contributed by atoms with van der Waals surface area (Å²) in [5, 5.41) is 18.4. The Balaban J connectivity index is 1.38. The van der Waals surface area contributed by atoms with Crippen LogP contribution in [0.2, 0.25) is 0 Å². The minimum atomic E-state index is -1.04. The van der Waals surface area contributed by atoms with Crippen LogP contribution in [0.15, 0.2) is 72.8 Å². The molecule has 0 fully saturated rings. The summed E-state index contributed by atoms with van der Waals surface area (Å²) in [7, 11) is 1.59. The third-order valence-electron chi connectivity index (χ3n) is 6.89. The van der Waals surface area contributed by atoms with E-state index >= 15 is 4.39 Å². The van der Waals surface area contributed by atoms with Crippen molar-refractivity contribution in [3.8, 4) is 23.2 Å². The lowest BCUT2D eigenvalue weighted by molar-refractivity contribution is 0.0697. The van der Waals surface area contributed by atoms with E-state index in [0.29, 0.717) is 40.2 Å². The van der Waals surface area contributed by atoms with E-state index in [1.165, 1.54) is 24.3 Å². The summed E-state index contributed by atoms with van der Waals surface area (Å²) >= 11 is 0. The van der Waals surface area contributed by atoms with Crippen LogP contribution in [0.1, 0.15) is 39.8 Å². The second-order valence-corrected chi connectivity index (χ2v) is 9.74. The quantitative estimate of drug-likeness (QED) is 0.215. The van der Waals surface area contributed by atoms with E-state index < -0.39 is 17.6 Å². The van der Waals surface area contributed by atoms with Gasteiger partial charge in [0.1, 0.15) is 24.1 Å². The zero-order chi connectivity index (χ0) is 29.8. The number of nitrogens with zero attached hydrogens (tertiary/aromatic N) is 4. The number of methoxy groups -OCH3 is 1. The van der Waals surface area contributed by atoms with Gasteiger partial charge in [-0.2, -0.15) is 5.26 Å². The summed E-state index contributed by atoms with van der Waals surface area (Å²) in [5.41, 5.74) is 3.28. The van der Waals surface area contributed by atoms with Crippen molar-refractivity contribution in [3.63, 3.8) is 0 Å². The fraction of sp³-hybridized carbons (Fsp3) is 0.188. The zero-order valence-electron chi connectivity index (χ0n) is 22.8. The summed E-state index contributed by atoms with van der Waals surface area (Å²) < 4.78 is 42.6. The van der Waals surface area contributed by atoms with Crippen molar-refractivity contribution in [3.05, 3.63) is 113 Å². The van der Waals surface area contributed by atoms with E-state index in [4.69, 9.17) is 14.7 Å². The molecule has 0 saturated heterocycles. The van der Waals surface area contributed by atoms with Crippen LogP contribution in [0.25, 0.3) is 22.3 Å². The standard InChI is InChI=1S/C32H26F2N4O4/c1-19(41-2)17-38-29-14-23(32(39)40)10-11-28(29)36-30(38)15-21-8-9-22(13-26(21)34)27-4-3-5-31(37-27)42-18-24-7-6-20(16-35)12-25(24)33/h3-14,19H,15,17-18H2,1-2H3,(H,39,40)/t19-/m1/s1. The van der Waals surface area contributed by atoms with Crippen molar-refractivity contribution in [1.29, 1.82) is 5.26 Å². The normalized spacial score (nSPS) is 11.8. The van der Waals surface area contributed by atoms with E-state index in [1.54, 1.807) is 49.6 Å². The monoisotopic (exact) mass is 568 g/mol. The summed E-state index contributed by atoms with van der Waals surface area (Å²) in [6.07, 6.45) is -0.0114. The summed E-state index contributed by atoms with van der Waals surface area (Å²) in [4.78, 5) is 20.6. The fourth-order valence-corrected chi connectivity index (χ4v) is 4.54. The molecule has 0 aliphatic rings. The van der Waals surface area contributed by atoms with Gasteiger partial charge in [-0.05, 0) is 55.0 Å². The number of pyridine rings is 1. The number of imidazole rings is 1. The average molecular weight is 569 g/mol. The largest absolute Gasteiger partial charge is 0.478 e. The van der Waals surface area contributed by atoms with Crippen molar-refractivity contribution in [2.45, 2.75) is 32.6 Å². The molecule has 0 bridgehead atoms. The lowest BCUT2D eigenvalue weighted by Gasteiger charge is -2.15. The number of fused-ring (bicyclic) bond motifs is 1. The summed E-state index contributed by atoms with van der Waals surface area (Å²) in [5.74, 6) is -1.23. The van der Waals surface area contributed by atoms with Crippen LogP contribution < -0.4 is 4.74 Å². The second kappa shape index (κ2) is 12.2. The van der Waals surface area contributed by atoms with Crippen LogP contribution in [-0.2, 0) is 24.3 Å². The number of rotatable bonds is 10. The first kappa shape index (κ1) is 28.4. The maximum Gasteiger partial charge on any atom is 0.335 e. The van der Waals surface area contributed by atoms with Crippen LogP contribution in [0, 0.1) is 23.0 Å². The van der Waals surface area contributed by atoms with Gasteiger partial charge in [-0.15, -0.1) is 0 Å². The molecule has 0 spiro atoms. The molecule has 0 radical (unpaired) electrons. The molecule has 42 heavy (non-hydrogen) atoms. The fourth-order valence-electron chi connectivity index (χ4n) is 4.54. The Morgan fingerprint density at radius 1 is 1.02 bits per heavy atom. The Hall–Kier alpha value is -5.14. The molecular formula is C32H26F2N4O4. The number of benzene rings is 3. The lowest BCUT2D eigenvalue weighted by Crippen LogP contribution is -2.17. The Labute approximate surface area is 240 Å². The molecule has 3 aromatic carbocycles. The van der Waals surface area contributed by atoms with Crippen molar-refractivity contribution >= 4 is 17.0 Å². The predicted molar refractivity (Wildman–Crippen MR) is 151 cm³/mol. The second-order valence-electron chi connectivity index (χ2n) is 9.74. The lowest BCUT2D eigenvalue weighted by atomic mass is 10.1. The van der Waals surface area contributed by atoms with E-state index in [0.717, 1.165) is 6.07 Å². The molecular weight excluding hydrogens is 542 g/mol. The van der Waals surface area contributed by atoms with Gasteiger partial charge >= 0.3 is 5.97 Å². The number of aromatic nitrogens is 3. The SMILES string of the molecule is CO[C@H](C)Cn1c(Cc2ccc(-c3cccc(OCc4ccc(C#N)cc4F)n3)cc2F)nc2ccc(C(=O)O)cc21. The first-order valence-electron chi connectivity index (χ1n) is 13.1. The number of aromatic carboxylic acids is 1. The number of nitriles is 1. The van der Waals surface area contributed by atoms with Crippen LogP contribution in [0.5, 0.6) is 5.88 Å². The van der Waals surface area contributed by atoms with Crippen molar-refractivity contribution in [2.24, 2.45) is 0 Å². The highest BCUT2D eigenvalue weighted by Crippen LogP contribution is 2.26. The number of carboxylic acids is 1. The van der Waals surface area contributed by atoms with Gasteiger partial charge in [-0.1, -0.05) is 24.3 Å². The Morgan fingerprint density at radius 2 is 1.81 bits per heavy atom. The van der Waals surface area contributed by atoms with Crippen molar-refractivity contribution < 1.29 is 28.2 Å². The van der Waals surface area contributed by atoms with E-state index in [-0.39, 0.29) is 41.7 Å². The number of carboxylic acid groups (broad SMARTS) is 1. The number of hydrogen-bond acceptors (Lipinski definition) is 6. The number of halogens is 2. The smallest absolute Gasteiger partial charge is 0.335 e. The molecule has 0 unspecified atom stereocenters. The molecule has 0 aliphatic carbocycles. The van der Waals surface area contributed by atoms with Gasteiger partial charge in [0.15, 0.2) is 0 Å². The van der Waals surface area contributed by atoms with Crippen molar-refractivity contribution in [2.75, 3.05) is 7.11 Å². The van der Waals surface area contributed by atoms with E-state index in [9.17, 15) is 14.3 Å². The van der Waals surface area contributed by atoms with Gasteiger partial charge < -0.3 is 19.1 Å². The number of ether oxygens (including phenoxy) is 2. The first-order chi connectivity index (χ1) is 20.2. The molecule has 0 amide bonds. The third kappa shape index (κ3) is 6.11. The predicted octanol–water partition coefficient (Wildman–Crippen LogP) is 6.15. The Morgan fingerprint density at radius 3 is 2.52 bits per heavy atom. The first-order valence-corrected chi connectivity index (χ1v) is 13.1. The average Bonchev–Trinajstić information content (AvgIpc) is 3.33. The van der Waals surface area contributed by atoms with Crippen LogP contribution in [0.3, 0.4) is 0 Å². The molecule has 8 nitrogen and oxygen atoms in total. The van der Waals surface area contributed by atoms with Crippen LogP contribution in [0.4, 0.5) is 8.78 Å². The van der Waals surface area contributed by atoms with Crippen LogP contribution in [-0.4, -0.2) is 38.8 Å².